The zero-order chi connectivity index (χ0) is 13.2. The van der Waals surface area contributed by atoms with E-state index in [1.165, 1.54) is 0 Å². The molecule has 0 atom stereocenters. The lowest BCUT2D eigenvalue weighted by molar-refractivity contribution is 0.0697. The van der Waals surface area contributed by atoms with Gasteiger partial charge in [0.25, 0.3) is 5.91 Å². The number of aromatic nitrogens is 1. The van der Waals surface area contributed by atoms with E-state index in [1.54, 1.807) is 6.20 Å². The molecule has 0 spiro atoms. The van der Waals surface area contributed by atoms with Crippen LogP contribution in [0.3, 0.4) is 0 Å². The average Bonchev–Trinajstić information content (AvgIpc) is 2.47. The van der Waals surface area contributed by atoms with Crippen LogP contribution in [-0.4, -0.2) is 28.9 Å². The van der Waals surface area contributed by atoms with E-state index in [2.05, 4.69) is 11.9 Å². The smallest absolute Gasteiger partial charge is 0.253 e. The third-order valence-electron chi connectivity index (χ3n) is 3.96. The van der Waals surface area contributed by atoms with Crippen molar-refractivity contribution in [2.24, 2.45) is 5.92 Å². The minimum Gasteiger partial charge on any atom is -0.339 e. The largest absolute Gasteiger partial charge is 0.339 e. The third kappa shape index (κ3) is 2.46. The lowest BCUT2D eigenvalue weighted by Crippen LogP contribution is -2.37. The lowest BCUT2D eigenvalue weighted by Gasteiger charge is -2.30. The Kier molecular flexibility index (Phi) is 3.20. The summed E-state index contributed by atoms with van der Waals surface area (Å²) >= 11 is 0. The second kappa shape index (κ2) is 5.00. The van der Waals surface area contributed by atoms with Crippen LogP contribution in [0.5, 0.6) is 0 Å². The number of carbonyl (C=O) groups excluding carboxylic acids is 1. The molecule has 0 aliphatic carbocycles. The van der Waals surface area contributed by atoms with E-state index in [4.69, 9.17) is 0 Å². The number of piperidine rings is 1. The van der Waals surface area contributed by atoms with Gasteiger partial charge in [-0.15, -0.1) is 0 Å². The van der Waals surface area contributed by atoms with E-state index in [0.29, 0.717) is 0 Å². The highest BCUT2D eigenvalue weighted by Gasteiger charge is 2.21. The molecule has 0 bridgehead atoms. The van der Waals surface area contributed by atoms with Crippen molar-refractivity contribution in [1.29, 1.82) is 0 Å². The van der Waals surface area contributed by atoms with Crippen LogP contribution in [0, 0.1) is 5.92 Å². The number of rotatable bonds is 1. The zero-order valence-electron chi connectivity index (χ0n) is 11.2. The molecule has 2 heterocycles. The summed E-state index contributed by atoms with van der Waals surface area (Å²) in [6.07, 6.45) is 5.82. The number of hydrogen-bond acceptors (Lipinski definition) is 2. The number of likely N-dealkylation sites (tertiary alicyclic amines) is 1. The van der Waals surface area contributed by atoms with Crippen molar-refractivity contribution in [3.63, 3.8) is 0 Å². The maximum Gasteiger partial charge on any atom is 0.253 e. The van der Waals surface area contributed by atoms with Crippen molar-refractivity contribution in [3.8, 4) is 0 Å². The molecule has 1 amide bonds. The fourth-order valence-electron chi connectivity index (χ4n) is 2.61. The summed E-state index contributed by atoms with van der Waals surface area (Å²) in [6, 6.07) is 7.80. The summed E-state index contributed by atoms with van der Waals surface area (Å²) in [5.74, 6) is 0.900. The maximum atomic E-state index is 12.5. The van der Waals surface area contributed by atoms with Crippen molar-refractivity contribution >= 4 is 16.7 Å². The fraction of sp³-hybridized carbons (Fsp3) is 0.375. The maximum absolute atomic E-state index is 12.5. The van der Waals surface area contributed by atoms with Crippen molar-refractivity contribution < 1.29 is 4.79 Å². The van der Waals surface area contributed by atoms with Crippen LogP contribution in [0.15, 0.2) is 36.7 Å². The minimum atomic E-state index is 0.158. The molecular formula is C16H18N2O. The van der Waals surface area contributed by atoms with Crippen molar-refractivity contribution in [2.75, 3.05) is 13.1 Å². The highest BCUT2D eigenvalue weighted by molar-refractivity contribution is 5.98. The Labute approximate surface area is 113 Å². The van der Waals surface area contributed by atoms with Gasteiger partial charge in [-0.2, -0.15) is 0 Å². The van der Waals surface area contributed by atoms with E-state index in [0.717, 1.165) is 48.2 Å². The number of nitrogens with zero attached hydrogens (tertiary/aromatic N) is 2. The molecule has 3 nitrogen and oxygen atoms in total. The number of hydrogen-bond donors (Lipinski definition) is 0. The van der Waals surface area contributed by atoms with E-state index in [-0.39, 0.29) is 5.91 Å². The zero-order valence-corrected chi connectivity index (χ0v) is 11.2. The van der Waals surface area contributed by atoms with Gasteiger partial charge >= 0.3 is 0 Å². The monoisotopic (exact) mass is 254 g/mol. The Morgan fingerprint density at radius 3 is 2.79 bits per heavy atom. The summed E-state index contributed by atoms with van der Waals surface area (Å²) in [4.78, 5) is 18.5. The molecule has 1 saturated heterocycles. The summed E-state index contributed by atoms with van der Waals surface area (Å²) in [5.41, 5.74) is 0.785. The van der Waals surface area contributed by atoms with Crippen LogP contribution >= 0.6 is 0 Å². The minimum absolute atomic E-state index is 0.158. The van der Waals surface area contributed by atoms with Crippen LogP contribution in [-0.2, 0) is 0 Å². The average molecular weight is 254 g/mol. The molecule has 1 aromatic carbocycles. The SMILES string of the molecule is CC1CCN(C(=O)c2ccc3cnccc3c2)CC1. The van der Waals surface area contributed by atoms with E-state index in [1.807, 2.05) is 35.4 Å². The Morgan fingerprint density at radius 1 is 1.21 bits per heavy atom. The number of fused-ring (bicyclic) bond motifs is 1. The molecule has 3 rings (SSSR count). The highest BCUT2D eigenvalue weighted by atomic mass is 16.2. The van der Waals surface area contributed by atoms with Gasteiger partial charge in [-0.05, 0) is 42.3 Å². The quantitative estimate of drug-likeness (QED) is 0.783. The first kappa shape index (κ1) is 12.2. The van der Waals surface area contributed by atoms with E-state index < -0.39 is 0 Å². The summed E-state index contributed by atoms with van der Waals surface area (Å²) in [6.45, 7) is 4.02. The van der Waals surface area contributed by atoms with Crippen molar-refractivity contribution in [2.45, 2.75) is 19.8 Å². The van der Waals surface area contributed by atoms with E-state index >= 15 is 0 Å². The normalized spacial score (nSPS) is 16.8. The summed E-state index contributed by atoms with van der Waals surface area (Å²) in [7, 11) is 0. The Balaban J connectivity index is 1.85. The molecule has 19 heavy (non-hydrogen) atoms. The molecule has 1 aromatic heterocycles. The topological polar surface area (TPSA) is 33.2 Å². The molecule has 0 unspecified atom stereocenters. The van der Waals surface area contributed by atoms with Gasteiger partial charge in [0.05, 0.1) is 0 Å². The number of benzene rings is 1. The number of amides is 1. The van der Waals surface area contributed by atoms with Gasteiger partial charge in [-0.25, -0.2) is 0 Å². The molecule has 0 N–H and O–H groups in total. The molecular weight excluding hydrogens is 236 g/mol. The van der Waals surface area contributed by atoms with Gasteiger partial charge < -0.3 is 4.90 Å². The van der Waals surface area contributed by atoms with Gasteiger partial charge in [0.15, 0.2) is 0 Å². The van der Waals surface area contributed by atoms with Crippen LogP contribution in [0.25, 0.3) is 10.8 Å². The first-order valence-corrected chi connectivity index (χ1v) is 6.87. The molecule has 1 fully saturated rings. The number of pyridine rings is 1. The highest BCUT2D eigenvalue weighted by Crippen LogP contribution is 2.20. The van der Waals surface area contributed by atoms with Gasteiger partial charge in [-0.3, -0.25) is 9.78 Å². The van der Waals surface area contributed by atoms with Gasteiger partial charge in [-0.1, -0.05) is 13.0 Å². The molecule has 1 aliphatic rings. The second-order valence-electron chi connectivity index (χ2n) is 5.41. The van der Waals surface area contributed by atoms with Crippen molar-refractivity contribution in [1.82, 2.24) is 9.88 Å². The van der Waals surface area contributed by atoms with Gasteiger partial charge in [0.1, 0.15) is 0 Å². The Bertz CT molecular complexity index is 600. The molecule has 98 valence electrons. The summed E-state index contributed by atoms with van der Waals surface area (Å²) < 4.78 is 0. The second-order valence-corrected chi connectivity index (χ2v) is 5.41. The summed E-state index contributed by atoms with van der Waals surface area (Å²) in [5, 5.41) is 2.15. The van der Waals surface area contributed by atoms with Gasteiger partial charge in [0, 0.05) is 36.4 Å². The predicted octanol–water partition coefficient (Wildman–Crippen LogP) is 3.11. The van der Waals surface area contributed by atoms with E-state index in [9.17, 15) is 4.79 Å². The van der Waals surface area contributed by atoms with Crippen LogP contribution in [0.1, 0.15) is 30.1 Å². The fourth-order valence-corrected chi connectivity index (χ4v) is 2.61. The standard InChI is InChI=1S/C16H18N2O/c1-12-5-8-18(9-6-12)16(19)14-2-3-15-11-17-7-4-13(15)10-14/h2-4,7,10-12H,5-6,8-9H2,1H3. The number of carbonyl (C=O) groups is 1. The van der Waals surface area contributed by atoms with Crippen LogP contribution in [0.2, 0.25) is 0 Å². The molecule has 0 saturated carbocycles. The molecule has 3 heteroatoms. The van der Waals surface area contributed by atoms with Gasteiger partial charge in [0.2, 0.25) is 0 Å². The predicted molar refractivity (Wildman–Crippen MR) is 76.0 cm³/mol. The Morgan fingerprint density at radius 2 is 2.00 bits per heavy atom. The first-order chi connectivity index (χ1) is 9.24. The molecule has 0 radical (unpaired) electrons. The van der Waals surface area contributed by atoms with Crippen LogP contribution in [0.4, 0.5) is 0 Å². The Hall–Kier alpha value is -1.90. The third-order valence-corrected chi connectivity index (χ3v) is 3.96. The first-order valence-electron chi connectivity index (χ1n) is 6.87. The lowest BCUT2D eigenvalue weighted by atomic mass is 9.98. The van der Waals surface area contributed by atoms with Crippen molar-refractivity contribution in [3.05, 3.63) is 42.2 Å². The molecule has 2 aromatic rings. The molecule has 1 aliphatic heterocycles. The van der Waals surface area contributed by atoms with Crippen LogP contribution < -0.4 is 0 Å².